The highest BCUT2D eigenvalue weighted by molar-refractivity contribution is 7.98. The van der Waals surface area contributed by atoms with Crippen LogP contribution in [-0.4, -0.2) is 0 Å². The van der Waals surface area contributed by atoms with Gasteiger partial charge in [0.15, 0.2) is 0 Å². The van der Waals surface area contributed by atoms with E-state index in [0.717, 1.165) is 11.4 Å². The van der Waals surface area contributed by atoms with Gasteiger partial charge in [-0.25, -0.2) is 0 Å². The fraction of sp³-hybridized carbons (Fsp3) is 0.167. The molecule has 0 atom stereocenters. The standard InChI is InChI=1S/C12H13NS2/c1-9-7-10(13)4-5-12(9)15-8-11-3-2-6-14-11/h2-7H,8,13H2,1H3. The smallest absolute Gasteiger partial charge is 0.0326 e. The molecule has 1 aromatic heterocycles. The number of aryl methyl sites for hydroxylation is 1. The minimum atomic E-state index is 0.841. The molecule has 0 saturated carbocycles. The van der Waals surface area contributed by atoms with Gasteiger partial charge in [-0.1, -0.05) is 6.07 Å². The lowest BCUT2D eigenvalue weighted by Gasteiger charge is -2.05. The van der Waals surface area contributed by atoms with Crippen LogP contribution >= 0.6 is 23.1 Å². The first-order chi connectivity index (χ1) is 7.25. The number of hydrogen-bond donors (Lipinski definition) is 1. The van der Waals surface area contributed by atoms with Crippen LogP contribution in [-0.2, 0) is 5.75 Å². The van der Waals surface area contributed by atoms with Crippen LogP contribution < -0.4 is 5.73 Å². The maximum atomic E-state index is 5.71. The highest BCUT2D eigenvalue weighted by atomic mass is 32.2. The number of benzene rings is 1. The molecule has 2 N–H and O–H groups in total. The van der Waals surface area contributed by atoms with Crippen molar-refractivity contribution in [3.63, 3.8) is 0 Å². The first-order valence-corrected chi connectivity index (χ1v) is 6.63. The lowest BCUT2D eigenvalue weighted by atomic mass is 10.2. The summed E-state index contributed by atoms with van der Waals surface area (Å²) < 4.78 is 0. The Bertz CT molecular complexity index is 435. The second-order valence-corrected chi connectivity index (χ2v) is 5.44. The van der Waals surface area contributed by atoms with E-state index in [1.807, 2.05) is 23.9 Å². The van der Waals surface area contributed by atoms with E-state index in [2.05, 4.69) is 30.5 Å². The van der Waals surface area contributed by atoms with E-state index >= 15 is 0 Å². The quantitative estimate of drug-likeness (QED) is 0.644. The highest BCUT2D eigenvalue weighted by Gasteiger charge is 2.00. The van der Waals surface area contributed by atoms with Gasteiger partial charge in [0.1, 0.15) is 0 Å². The van der Waals surface area contributed by atoms with Crippen molar-refractivity contribution in [2.24, 2.45) is 0 Å². The second-order valence-electron chi connectivity index (χ2n) is 3.39. The van der Waals surface area contributed by atoms with Crippen molar-refractivity contribution in [3.05, 3.63) is 46.2 Å². The predicted octanol–water partition coefficient (Wildman–Crippen LogP) is 3.93. The average Bonchev–Trinajstić information content (AvgIpc) is 2.69. The zero-order valence-corrected chi connectivity index (χ0v) is 10.2. The van der Waals surface area contributed by atoms with E-state index in [-0.39, 0.29) is 0 Å². The summed E-state index contributed by atoms with van der Waals surface area (Å²) in [6.07, 6.45) is 0. The van der Waals surface area contributed by atoms with Crippen molar-refractivity contribution in [1.29, 1.82) is 0 Å². The summed E-state index contributed by atoms with van der Waals surface area (Å²) >= 11 is 3.67. The molecule has 2 rings (SSSR count). The molecule has 1 nitrogen and oxygen atoms in total. The Morgan fingerprint density at radius 3 is 2.87 bits per heavy atom. The molecule has 0 unspecified atom stereocenters. The van der Waals surface area contributed by atoms with Crippen LogP contribution in [0.4, 0.5) is 5.69 Å². The normalized spacial score (nSPS) is 10.5. The van der Waals surface area contributed by atoms with Crippen molar-refractivity contribution in [2.75, 3.05) is 5.73 Å². The molecule has 0 radical (unpaired) electrons. The summed E-state index contributed by atoms with van der Waals surface area (Å²) in [7, 11) is 0. The number of thiophene rings is 1. The minimum absolute atomic E-state index is 0.841. The number of anilines is 1. The highest BCUT2D eigenvalue weighted by Crippen LogP contribution is 2.28. The third-order valence-electron chi connectivity index (χ3n) is 2.15. The van der Waals surface area contributed by atoms with Gasteiger partial charge in [-0.05, 0) is 42.1 Å². The number of thioether (sulfide) groups is 1. The Kier molecular flexibility index (Phi) is 3.34. The molecule has 0 fully saturated rings. The molecular formula is C12H13NS2. The Labute approximate surface area is 98.3 Å². The molecule has 78 valence electrons. The van der Waals surface area contributed by atoms with Crippen molar-refractivity contribution in [2.45, 2.75) is 17.6 Å². The van der Waals surface area contributed by atoms with E-state index in [4.69, 9.17) is 5.73 Å². The molecule has 0 aliphatic heterocycles. The largest absolute Gasteiger partial charge is 0.399 e. The Morgan fingerprint density at radius 1 is 1.33 bits per heavy atom. The Hall–Kier alpha value is -0.930. The molecule has 0 aliphatic carbocycles. The zero-order chi connectivity index (χ0) is 10.7. The topological polar surface area (TPSA) is 26.0 Å². The van der Waals surface area contributed by atoms with Gasteiger partial charge >= 0.3 is 0 Å². The fourth-order valence-corrected chi connectivity index (χ4v) is 3.16. The van der Waals surface area contributed by atoms with Crippen molar-refractivity contribution < 1.29 is 0 Å². The van der Waals surface area contributed by atoms with Crippen molar-refractivity contribution in [3.8, 4) is 0 Å². The molecule has 3 heteroatoms. The molecule has 0 bridgehead atoms. The monoisotopic (exact) mass is 235 g/mol. The second kappa shape index (κ2) is 4.73. The van der Waals surface area contributed by atoms with Gasteiger partial charge in [0.2, 0.25) is 0 Å². The van der Waals surface area contributed by atoms with Crippen LogP contribution in [0.15, 0.2) is 40.6 Å². The van der Waals surface area contributed by atoms with Crippen LogP contribution in [0.3, 0.4) is 0 Å². The number of hydrogen-bond acceptors (Lipinski definition) is 3. The van der Waals surface area contributed by atoms with Crippen LogP contribution in [0.5, 0.6) is 0 Å². The zero-order valence-electron chi connectivity index (χ0n) is 8.57. The molecule has 1 aromatic carbocycles. The lowest BCUT2D eigenvalue weighted by molar-refractivity contribution is 1.30. The van der Waals surface area contributed by atoms with E-state index in [0.29, 0.717) is 0 Å². The third kappa shape index (κ3) is 2.76. The molecule has 0 spiro atoms. The Morgan fingerprint density at radius 2 is 2.20 bits per heavy atom. The molecule has 0 aliphatic rings. The van der Waals surface area contributed by atoms with Crippen LogP contribution in [0.1, 0.15) is 10.4 Å². The molecule has 0 saturated heterocycles. The fourth-order valence-electron chi connectivity index (χ4n) is 1.38. The van der Waals surface area contributed by atoms with E-state index in [1.54, 1.807) is 11.3 Å². The van der Waals surface area contributed by atoms with Gasteiger partial charge < -0.3 is 5.73 Å². The van der Waals surface area contributed by atoms with E-state index in [9.17, 15) is 0 Å². The van der Waals surface area contributed by atoms with Crippen molar-refractivity contribution >= 4 is 28.8 Å². The summed E-state index contributed by atoms with van der Waals surface area (Å²) in [5, 5.41) is 2.12. The van der Waals surface area contributed by atoms with Crippen LogP contribution in [0.2, 0.25) is 0 Å². The van der Waals surface area contributed by atoms with Gasteiger partial charge in [0, 0.05) is 21.2 Å². The summed E-state index contributed by atoms with van der Waals surface area (Å²) in [5.74, 6) is 1.04. The summed E-state index contributed by atoms with van der Waals surface area (Å²) in [4.78, 5) is 2.73. The maximum Gasteiger partial charge on any atom is 0.0326 e. The molecule has 0 amide bonds. The number of rotatable bonds is 3. The van der Waals surface area contributed by atoms with Gasteiger partial charge in [-0.2, -0.15) is 0 Å². The predicted molar refractivity (Wildman–Crippen MR) is 69.5 cm³/mol. The summed E-state index contributed by atoms with van der Waals surface area (Å²) in [5.41, 5.74) is 7.81. The SMILES string of the molecule is Cc1cc(N)ccc1SCc1cccs1. The van der Waals surface area contributed by atoms with Crippen LogP contribution in [0.25, 0.3) is 0 Å². The van der Waals surface area contributed by atoms with E-state index < -0.39 is 0 Å². The first-order valence-electron chi connectivity index (χ1n) is 4.77. The summed E-state index contributed by atoms with van der Waals surface area (Å²) in [6, 6.07) is 10.4. The lowest BCUT2D eigenvalue weighted by Crippen LogP contribution is -1.87. The third-order valence-corrected chi connectivity index (χ3v) is 4.43. The minimum Gasteiger partial charge on any atom is -0.399 e. The van der Waals surface area contributed by atoms with Gasteiger partial charge in [-0.3, -0.25) is 0 Å². The average molecular weight is 235 g/mol. The van der Waals surface area contributed by atoms with Gasteiger partial charge in [0.25, 0.3) is 0 Å². The van der Waals surface area contributed by atoms with Gasteiger partial charge in [0.05, 0.1) is 0 Å². The number of nitrogens with two attached hydrogens (primary N) is 1. The van der Waals surface area contributed by atoms with Crippen molar-refractivity contribution in [1.82, 2.24) is 0 Å². The van der Waals surface area contributed by atoms with E-state index in [1.165, 1.54) is 15.3 Å². The number of nitrogen functional groups attached to an aromatic ring is 1. The molecule has 1 heterocycles. The Balaban J connectivity index is 2.05. The van der Waals surface area contributed by atoms with Crippen LogP contribution in [0, 0.1) is 6.92 Å². The van der Waals surface area contributed by atoms with Gasteiger partial charge in [-0.15, -0.1) is 23.1 Å². The molecular weight excluding hydrogens is 222 g/mol. The molecule has 15 heavy (non-hydrogen) atoms. The first kappa shape index (κ1) is 10.6. The molecule has 2 aromatic rings. The summed E-state index contributed by atoms with van der Waals surface area (Å²) in [6.45, 7) is 2.10. The maximum absolute atomic E-state index is 5.71.